The molecule has 1 aromatic rings. The first-order chi connectivity index (χ1) is 7.84. The molecule has 0 radical (unpaired) electrons. The first kappa shape index (κ1) is 13.2. The van der Waals surface area contributed by atoms with Gasteiger partial charge < -0.3 is 10.1 Å². The van der Waals surface area contributed by atoms with Crippen molar-refractivity contribution in [3.63, 3.8) is 0 Å². The second-order valence-corrected chi connectivity index (χ2v) is 3.15. The minimum absolute atomic E-state index is 0.280. The lowest BCUT2D eigenvalue weighted by atomic mass is 10.3. The van der Waals surface area contributed by atoms with Gasteiger partial charge in [-0.1, -0.05) is 0 Å². The molecule has 1 heterocycles. The summed E-state index contributed by atoms with van der Waals surface area (Å²) in [7, 11) is 1.17. The Morgan fingerprint density at radius 3 is 2.71 bits per heavy atom. The molecule has 1 N–H and O–H groups in total. The molecule has 1 aromatic heterocycles. The van der Waals surface area contributed by atoms with E-state index in [0.29, 0.717) is 0 Å². The van der Waals surface area contributed by atoms with Crippen LogP contribution in [-0.2, 0) is 15.7 Å². The second-order valence-electron chi connectivity index (χ2n) is 3.15. The van der Waals surface area contributed by atoms with E-state index in [9.17, 15) is 18.0 Å². The predicted octanol–water partition coefficient (Wildman–Crippen LogP) is 1.47. The van der Waals surface area contributed by atoms with Crippen molar-refractivity contribution < 1.29 is 22.7 Å². The Bertz CT molecular complexity index is 409. The Balaban J connectivity index is 2.83. The van der Waals surface area contributed by atoms with E-state index in [0.717, 1.165) is 12.3 Å². The number of carbonyl (C=O) groups is 1. The fourth-order valence-corrected chi connectivity index (χ4v) is 1.02. The lowest BCUT2D eigenvalue weighted by molar-refractivity contribution is -0.141. The van der Waals surface area contributed by atoms with Gasteiger partial charge in [0, 0.05) is 6.20 Å². The Morgan fingerprint density at radius 2 is 2.18 bits per heavy atom. The number of anilines is 1. The summed E-state index contributed by atoms with van der Waals surface area (Å²) in [6.07, 6.45) is -3.59. The Labute approximate surface area is 95.0 Å². The zero-order chi connectivity index (χ0) is 13.1. The van der Waals surface area contributed by atoms with E-state index in [1.165, 1.54) is 14.0 Å². The number of nitrogens with zero attached hydrogens (tertiary/aromatic N) is 2. The van der Waals surface area contributed by atoms with Crippen molar-refractivity contribution in [2.75, 3.05) is 12.4 Å². The highest BCUT2D eigenvalue weighted by Crippen LogP contribution is 2.27. The monoisotopic (exact) mass is 249 g/mol. The highest BCUT2D eigenvalue weighted by molar-refractivity contribution is 5.77. The minimum atomic E-state index is -4.55. The normalized spacial score (nSPS) is 13.0. The second kappa shape index (κ2) is 4.98. The topological polar surface area (TPSA) is 64.1 Å². The molecule has 94 valence electrons. The summed E-state index contributed by atoms with van der Waals surface area (Å²) in [5.41, 5.74) is -1.08. The van der Waals surface area contributed by atoms with Gasteiger partial charge in [0.25, 0.3) is 0 Å². The number of carbonyl (C=O) groups excluding carboxylic acids is 1. The van der Waals surface area contributed by atoms with Crippen LogP contribution in [-0.4, -0.2) is 29.1 Å². The van der Waals surface area contributed by atoms with Gasteiger partial charge in [-0.2, -0.15) is 13.2 Å². The van der Waals surface area contributed by atoms with Crippen molar-refractivity contribution in [3.8, 4) is 0 Å². The van der Waals surface area contributed by atoms with Crippen LogP contribution in [0.5, 0.6) is 0 Å². The molecule has 1 rings (SSSR count). The fourth-order valence-electron chi connectivity index (χ4n) is 1.02. The number of halogens is 3. The third kappa shape index (κ3) is 3.58. The molecule has 0 saturated carbocycles. The van der Waals surface area contributed by atoms with Gasteiger partial charge in [0.15, 0.2) is 0 Å². The standard InChI is InChI=1S/C9H10F3N3O2/c1-5(7(16)17-2)14-8-13-4-3-6(15-8)9(10,11)12/h3-5H,1-2H3,(H,13,14,15). The van der Waals surface area contributed by atoms with Crippen LogP contribution in [0.15, 0.2) is 12.3 Å². The summed E-state index contributed by atoms with van der Waals surface area (Å²) >= 11 is 0. The quantitative estimate of drug-likeness (QED) is 0.822. The Morgan fingerprint density at radius 1 is 1.53 bits per heavy atom. The molecule has 0 bridgehead atoms. The largest absolute Gasteiger partial charge is 0.467 e. The van der Waals surface area contributed by atoms with E-state index in [1.807, 2.05) is 0 Å². The molecule has 1 unspecified atom stereocenters. The molecule has 8 heteroatoms. The molecule has 0 fully saturated rings. The van der Waals surface area contributed by atoms with Crippen LogP contribution in [0.4, 0.5) is 19.1 Å². The molecule has 0 aliphatic heterocycles. The lowest BCUT2D eigenvalue weighted by Crippen LogP contribution is -2.28. The lowest BCUT2D eigenvalue weighted by Gasteiger charge is -2.12. The molecule has 1 atom stereocenters. The first-order valence-electron chi connectivity index (χ1n) is 4.59. The molecule has 0 aromatic carbocycles. The highest BCUT2D eigenvalue weighted by atomic mass is 19.4. The summed E-state index contributed by atoms with van der Waals surface area (Å²) in [6, 6.07) is -0.0861. The maximum absolute atomic E-state index is 12.3. The predicted molar refractivity (Wildman–Crippen MR) is 52.1 cm³/mol. The van der Waals surface area contributed by atoms with Crippen LogP contribution < -0.4 is 5.32 Å². The van der Waals surface area contributed by atoms with Crippen molar-refractivity contribution >= 4 is 11.9 Å². The fraction of sp³-hybridized carbons (Fsp3) is 0.444. The van der Waals surface area contributed by atoms with E-state index in [1.54, 1.807) is 0 Å². The van der Waals surface area contributed by atoms with Gasteiger partial charge in [-0.25, -0.2) is 14.8 Å². The summed E-state index contributed by atoms with van der Waals surface area (Å²) in [4.78, 5) is 17.9. The molecule has 0 aliphatic carbocycles. The molecule has 0 saturated heterocycles. The average Bonchev–Trinajstić information content (AvgIpc) is 2.27. The number of rotatable bonds is 3. The molecule has 0 aliphatic rings. The van der Waals surface area contributed by atoms with E-state index in [-0.39, 0.29) is 5.95 Å². The summed E-state index contributed by atoms with van der Waals surface area (Å²) in [6.45, 7) is 1.43. The number of methoxy groups -OCH3 is 1. The van der Waals surface area contributed by atoms with E-state index in [2.05, 4.69) is 20.0 Å². The van der Waals surface area contributed by atoms with Crippen molar-refractivity contribution in [2.45, 2.75) is 19.1 Å². The van der Waals surface area contributed by atoms with Gasteiger partial charge in [-0.3, -0.25) is 0 Å². The smallest absolute Gasteiger partial charge is 0.433 e. The summed E-state index contributed by atoms with van der Waals surface area (Å²) in [5, 5.41) is 2.41. The molecule has 5 nitrogen and oxygen atoms in total. The van der Waals surface area contributed by atoms with Crippen molar-refractivity contribution in [1.82, 2.24) is 9.97 Å². The van der Waals surface area contributed by atoms with Crippen LogP contribution in [0.1, 0.15) is 12.6 Å². The number of nitrogens with one attached hydrogen (secondary N) is 1. The average molecular weight is 249 g/mol. The number of ether oxygens (including phenoxy) is 1. The molecule has 17 heavy (non-hydrogen) atoms. The van der Waals surface area contributed by atoms with Crippen molar-refractivity contribution in [1.29, 1.82) is 0 Å². The maximum atomic E-state index is 12.3. The van der Waals surface area contributed by atoms with E-state index in [4.69, 9.17) is 0 Å². The van der Waals surface area contributed by atoms with Crippen LogP contribution in [0.2, 0.25) is 0 Å². The minimum Gasteiger partial charge on any atom is -0.467 e. The number of alkyl halides is 3. The van der Waals surface area contributed by atoms with Gasteiger partial charge in [-0.05, 0) is 13.0 Å². The Kier molecular flexibility index (Phi) is 3.87. The molecule has 0 amide bonds. The zero-order valence-corrected chi connectivity index (χ0v) is 9.08. The molecular weight excluding hydrogens is 239 g/mol. The SMILES string of the molecule is COC(=O)C(C)Nc1nccc(C(F)(F)F)n1. The number of aromatic nitrogens is 2. The van der Waals surface area contributed by atoms with Crippen LogP contribution >= 0.6 is 0 Å². The van der Waals surface area contributed by atoms with Crippen LogP contribution in [0.25, 0.3) is 0 Å². The number of esters is 1. The van der Waals surface area contributed by atoms with Crippen LogP contribution in [0, 0.1) is 0 Å². The third-order valence-corrected chi connectivity index (χ3v) is 1.85. The van der Waals surface area contributed by atoms with Gasteiger partial charge >= 0.3 is 12.1 Å². The summed E-state index contributed by atoms with van der Waals surface area (Å²) < 4.78 is 41.4. The van der Waals surface area contributed by atoms with Crippen molar-refractivity contribution in [3.05, 3.63) is 18.0 Å². The van der Waals surface area contributed by atoms with Crippen LogP contribution in [0.3, 0.4) is 0 Å². The number of hydrogen-bond donors (Lipinski definition) is 1. The molecule has 0 spiro atoms. The maximum Gasteiger partial charge on any atom is 0.433 e. The number of hydrogen-bond acceptors (Lipinski definition) is 5. The van der Waals surface area contributed by atoms with Gasteiger partial charge in [0.2, 0.25) is 5.95 Å². The zero-order valence-electron chi connectivity index (χ0n) is 9.08. The highest BCUT2D eigenvalue weighted by Gasteiger charge is 2.33. The van der Waals surface area contributed by atoms with Gasteiger partial charge in [-0.15, -0.1) is 0 Å². The van der Waals surface area contributed by atoms with Gasteiger partial charge in [0.05, 0.1) is 7.11 Å². The van der Waals surface area contributed by atoms with E-state index < -0.39 is 23.9 Å². The van der Waals surface area contributed by atoms with E-state index >= 15 is 0 Å². The van der Waals surface area contributed by atoms with Gasteiger partial charge in [0.1, 0.15) is 11.7 Å². The third-order valence-electron chi connectivity index (χ3n) is 1.85. The Hall–Kier alpha value is -1.86. The molecular formula is C9H10F3N3O2. The first-order valence-corrected chi connectivity index (χ1v) is 4.59. The van der Waals surface area contributed by atoms with Crippen molar-refractivity contribution in [2.24, 2.45) is 0 Å². The summed E-state index contributed by atoms with van der Waals surface area (Å²) in [5.74, 6) is -0.899.